The van der Waals surface area contributed by atoms with Crippen LogP contribution in [0.3, 0.4) is 0 Å². The first kappa shape index (κ1) is 26.1. The number of esters is 1. The van der Waals surface area contributed by atoms with E-state index in [0.717, 1.165) is 16.8 Å². The maximum absolute atomic E-state index is 12.7. The number of carbonyl (C=O) groups is 3. The van der Waals surface area contributed by atoms with Gasteiger partial charge in [0.2, 0.25) is 15.8 Å². The largest absolute Gasteiger partial charge is 0.457 e. The third-order valence-corrected chi connectivity index (χ3v) is 6.70. The van der Waals surface area contributed by atoms with Gasteiger partial charge in [0.05, 0.1) is 11.3 Å². The Bertz CT molecular complexity index is 1400. The molecule has 0 bridgehead atoms. The molecule has 0 amide bonds. The summed E-state index contributed by atoms with van der Waals surface area (Å²) >= 11 is 0. The average Bonchev–Trinajstić information content (AvgIpc) is 3.10. The predicted molar refractivity (Wildman–Crippen MR) is 131 cm³/mol. The van der Waals surface area contributed by atoms with E-state index >= 15 is 0 Å². The number of aromatic nitrogens is 1. The molecule has 0 radical (unpaired) electrons. The zero-order chi connectivity index (χ0) is 25.9. The minimum absolute atomic E-state index is 0.000343. The Balaban J connectivity index is 1.63. The number of ether oxygens (including phenoxy) is 1. The van der Waals surface area contributed by atoms with Gasteiger partial charge < -0.3 is 9.30 Å². The number of hydrogen-bond acceptors (Lipinski definition) is 6. The van der Waals surface area contributed by atoms with Crippen molar-refractivity contribution in [2.75, 3.05) is 6.61 Å². The summed E-state index contributed by atoms with van der Waals surface area (Å²) in [6.07, 6.45) is -0.116. The first-order valence-corrected chi connectivity index (χ1v) is 12.5. The first-order valence-electron chi connectivity index (χ1n) is 11.0. The molecule has 0 aliphatic carbocycles. The van der Waals surface area contributed by atoms with Crippen LogP contribution in [-0.2, 0) is 19.6 Å². The van der Waals surface area contributed by atoms with Gasteiger partial charge in [-0.2, -0.15) is 0 Å². The van der Waals surface area contributed by atoms with Crippen LogP contribution >= 0.6 is 0 Å². The molecule has 8 nitrogen and oxygen atoms in total. The lowest BCUT2D eigenvalue weighted by molar-refractivity contribution is -0.142. The van der Waals surface area contributed by atoms with E-state index < -0.39 is 22.6 Å². The zero-order valence-corrected chi connectivity index (χ0v) is 20.9. The highest BCUT2D eigenvalue weighted by Crippen LogP contribution is 2.22. The minimum Gasteiger partial charge on any atom is -0.457 e. The lowest BCUT2D eigenvalue weighted by Gasteiger charge is -2.11. The standard InChI is InChI=1S/C26H28N2O6S/c1-16-5-6-17(2)22(13-16)24(29)11-12-26(31)34-15-25(30)23-14-18(3)28(19(23)4)20-7-9-21(10-8-20)35(27,32)33/h5-10,13-14H,11-12,15H2,1-4H3,(H2,27,32,33). The van der Waals surface area contributed by atoms with E-state index in [-0.39, 0.29) is 29.3 Å². The summed E-state index contributed by atoms with van der Waals surface area (Å²) in [7, 11) is -3.81. The molecule has 3 rings (SSSR count). The Kier molecular flexibility index (Phi) is 7.72. The number of sulfonamides is 1. The van der Waals surface area contributed by atoms with Gasteiger partial charge in [0.25, 0.3) is 0 Å². The van der Waals surface area contributed by atoms with Crippen LogP contribution in [0.25, 0.3) is 5.69 Å². The predicted octanol–water partition coefficient (Wildman–Crippen LogP) is 3.75. The molecular formula is C26H28N2O6S. The monoisotopic (exact) mass is 496 g/mol. The molecule has 0 aliphatic heterocycles. The van der Waals surface area contributed by atoms with Crippen LogP contribution in [0, 0.1) is 27.7 Å². The number of benzene rings is 2. The van der Waals surface area contributed by atoms with Crippen LogP contribution in [0.4, 0.5) is 0 Å². The summed E-state index contributed by atoms with van der Waals surface area (Å²) in [5, 5.41) is 5.15. The number of primary sulfonamides is 1. The number of rotatable bonds is 9. The van der Waals surface area contributed by atoms with Gasteiger partial charge in [-0.15, -0.1) is 0 Å². The normalized spacial score (nSPS) is 11.3. The fraction of sp³-hybridized carbons (Fsp3) is 0.269. The highest BCUT2D eigenvalue weighted by Gasteiger charge is 2.19. The second kappa shape index (κ2) is 10.4. The van der Waals surface area contributed by atoms with Crippen LogP contribution in [0.15, 0.2) is 53.4 Å². The molecule has 184 valence electrons. The van der Waals surface area contributed by atoms with Crippen molar-refractivity contribution in [3.05, 3.63) is 82.2 Å². The second-order valence-electron chi connectivity index (χ2n) is 8.48. The summed E-state index contributed by atoms with van der Waals surface area (Å²) in [5.74, 6) is -1.14. The van der Waals surface area contributed by atoms with Crippen LogP contribution < -0.4 is 5.14 Å². The first-order chi connectivity index (χ1) is 16.4. The third-order valence-electron chi connectivity index (χ3n) is 5.77. The van der Waals surface area contributed by atoms with Crippen LogP contribution in [-0.4, -0.2) is 37.1 Å². The molecule has 35 heavy (non-hydrogen) atoms. The summed E-state index contributed by atoms with van der Waals surface area (Å²) in [5.41, 5.74) is 4.81. The molecular weight excluding hydrogens is 468 g/mol. The van der Waals surface area contributed by atoms with E-state index in [1.54, 1.807) is 35.8 Å². The smallest absolute Gasteiger partial charge is 0.306 e. The van der Waals surface area contributed by atoms with Crippen molar-refractivity contribution >= 4 is 27.6 Å². The van der Waals surface area contributed by atoms with Crippen molar-refractivity contribution in [2.45, 2.75) is 45.4 Å². The summed E-state index contributed by atoms with van der Waals surface area (Å²) < 4.78 is 29.9. The quantitative estimate of drug-likeness (QED) is 0.355. The van der Waals surface area contributed by atoms with E-state index in [9.17, 15) is 22.8 Å². The minimum atomic E-state index is -3.81. The molecule has 0 aliphatic rings. The Labute approximate surface area is 204 Å². The van der Waals surface area contributed by atoms with Crippen molar-refractivity contribution in [3.8, 4) is 5.69 Å². The molecule has 2 aromatic carbocycles. The summed E-state index contributed by atoms with van der Waals surface area (Å²) in [6.45, 7) is 6.85. The summed E-state index contributed by atoms with van der Waals surface area (Å²) in [6, 6.07) is 13.3. The highest BCUT2D eigenvalue weighted by molar-refractivity contribution is 7.89. The SMILES string of the molecule is Cc1ccc(C)c(C(=O)CCC(=O)OCC(=O)c2cc(C)n(-c3ccc(S(N)(=O)=O)cc3)c2C)c1. The molecule has 1 heterocycles. The number of aryl methyl sites for hydroxylation is 3. The Morgan fingerprint density at radius 3 is 2.14 bits per heavy atom. The summed E-state index contributed by atoms with van der Waals surface area (Å²) in [4.78, 5) is 37.4. The number of nitrogens with zero attached hydrogens (tertiary/aromatic N) is 1. The van der Waals surface area contributed by atoms with Crippen molar-refractivity contribution < 1.29 is 27.5 Å². The molecule has 0 atom stereocenters. The van der Waals surface area contributed by atoms with Gasteiger partial charge in [-0.25, -0.2) is 13.6 Å². The van der Waals surface area contributed by atoms with Gasteiger partial charge in [-0.3, -0.25) is 14.4 Å². The van der Waals surface area contributed by atoms with E-state index in [4.69, 9.17) is 9.88 Å². The van der Waals surface area contributed by atoms with E-state index in [1.165, 1.54) is 12.1 Å². The van der Waals surface area contributed by atoms with Crippen molar-refractivity contribution in [3.63, 3.8) is 0 Å². The molecule has 0 spiro atoms. The maximum Gasteiger partial charge on any atom is 0.306 e. The molecule has 3 aromatic rings. The number of nitrogens with two attached hydrogens (primary N) is 1. The van der Waals surface area contributed by atoms with Crippen molar-refractivity contribution in [1.82, 2.24) is 4.57 Å². The highest BCUT2D eigenvalue weighted by atomic mass is 32.2. The van der Waals surface area contributed by atoms with E-state index in [2.05, 4.69) is 0 Å². The molecule has 0 unspecified atom stereocenters. The van der Waals surface area contributed by atoms with Gasteiger partial charge in [0.15, 0.2) is 12.4 Å². The number of Topliss-reactive ketones (excluding diaryl/α,β-unsaturated/α-hetero) is 2. The van der Waals surface area contributed by atoms with E-state index in [0.29, 0.717) is 22.5 Å². The van der Waals surface area contributed by atoms with Crippen molar-refractivity contribution in [1.29, 1.82) is 0 Å². The molecule has 2 N–H and O–H groups in total. The van der Waals surface area contributed by atoms with Crippen molar-refractivity contribution in [2.24, 2.45) is 5.14 Å². The molecule has 0 saturated carbocycles. The van der Waals surface area contributed by atoms with Gasteiger partial charge in [-0.1, -0.05) is 17.7 Å². The number of hydrogen-bond donors (Lipinski definition) is 1. The Morgan fingerprint density at radius 2 is 1.51 bits per heavy atom. The van der Waals surface area contributed by atoms with Gasteiger partial charge >= 0.3 is 5.97 Å². The molecule has 0 saturated heterocycles. The molecule has 0 fully saturated rings. The molecule has 9 heteroatoms. The van der Waals surface area contributed by atoms with Crippen LogP contribution in [0.2, 0.25) is 0 Å². The Morgan fingerprint density at radius 1 is 0.857 bits per heavy atom. The topological polar surface area (TPSA) is 126 Å². The van der Waals surface area contributed by atoms with Gasteiger partial charge in [0, 0.05) is 34.6 Å². The van der Waals surface area contributed by atoms with Gasteiger partial charge in [-0.05, 0) is 69.7 Å². The molecule has 1 aromatic heterocycles. The maximum atomic E-state index is 12.7. The Hall–Kier alpha value is -3.56. The van der Waals surface area contributed by atoms with Crippen LogP contribution in [0.1, 0.15) is 56.1 Å². The lowest BCUT2D eigenvalue weighted by atomic mass is 9.99. The second-order valence-corrected chi connectivity index (χ2v) is 10.0. The number of ketones is 2. The number of carbonyl (C=O) groups excluding carboxylic acids is 3. The zero-order valence-electron chi connectivity index (χ0n) is 20.1. The fourth-order valence-corrected chi connectivity index (χ4v) is 4.43. The fourth-order valence-electron chi connectivity index (χ4n) is 3.91. The van der Waals surface area contributed by atoms with Crippen LogP contribution in [0.5, 0.6) is 0 Å². The lowest BCUT2D eigenvalue weighted by Crippen LogP contribution is -2.16. The average molecular weight is 497 g/mol. The van der Waals surface area contributed by atoms with E-state index in [1.807, 2.05) is 32.9 Å². The van der Waals surface area contributed by atoms with Gasteiger partial charge in [0.1, 0.15) is 0 Å². The third kappa shape index (κ3) is 6.12.